The first-order valence-electron chi connectivity index (χ1n) is 7.59. The van der Waals surface area contributed by atoms with Gasteiger partial charge in [-0.1, -0.05) is 48.5 Å². The molecule has 2 aromatic carbocycles. The summed E-state index contributed by atoms with van der Waals surface area (Å²) in [6.45, 7) is 3.82. The first kappa shape index (κ1) is 13.5. The van der Waals surface area contributed by atoms with Crippen LogP contribution in [0.15, 0.2) is 49.0 Å². The Hall–Kier alpha value is -2.12. The maximum absolute atomic E-state index is 6.46. The molecule has 0 unspecified atom stereocenters. The van der Waals surface area contributed by atoms with Crippen LogP contribution in [0.1, 0.15) is 23.1 Å². The molecule has 108 valence electrons. The molecule has 0 N–H and O–H groups in total. The quantitative estimate of drug-likeness (QED) is 0.593. The van der Waals surface area contributed by atoms with Gasteiger partial charge in [0.15, 0.2) is 0 Å². The summed E-state index contributed by atoms with van der Waals surface area (Å²) in [4.78, 5) is 4.81. The monoisotopic (exact) mass is 305 g/mol. The number of hydrogen-bond acceptors (Lipinski definition) is 1. The van der Waals surface area contributed by atoms with Crippen molar-refractivity contribution in [1.29, 1.82) is 0 Å². The van der Waals surface area contributed by atoms with Gasteiger partial charge in [-0.3, -0.25) is 0 Å². The van der Waals surface area contributed by atoms with E-state index in [1.165, 1.54) is 30.4 Å². The van der Waals surface area contributed by atoms with E-state index in [-0.39, 0.29) is 0 Å². The average molecular weight is 306 g/mol. The number of halogens is 1. The van der Waals surface area contributed by atoms with Crippen molar-refractivity contribution in [3.05, 3.63) is 70.8 Å². The summed E-state index contributed by atoms with van der Waals surface area (Å²) < 4.78 is 0. The van der Waals surface area contributed by atoms with Crippen LogP contribution in [0.4, 0.5) is 0 Å². The molecule has 0 atom stereocenters. The van der Waals surface area contributed by atoms with Gasteiger partial charge in [0, 0.05) is 10.9 Å². The number of pyridine rings is 1. The first-order chi connectivity index (χ1) is 10.7. The van der Waals surface area contributed by atoms with Gasteiger partial charge in [0.05, 0.1) is 16.2 Å². The van der Waals surface area contributed by atoms with Gasteiger partial charge in [-0.25, -0.2) is 4.98 Å². The predicted molar refractivity (Wildman–Crippen MR) is 94.3 cm³/mol. The highest BCUT2D eigenvalue weighted by Gasteiger charge is 2.13. The number of aryl methyl sites for hydroxylation is 2. The minimum atomic E-state index is 0.746. The maximum Gasteiger partial charge on any atom is 0.0730 e. The number of hydrogen-bond donors (Lipinski definition) is 0. The van der Waals surface area contributed by atoms with Gasteiger partial charge >= 0.3 is 0 Å². The van der Waals surface area contributed by atoms with Crippen LogP contribution in [-0.2, 0) is 12.8 Å². The summed E-state index contributed by atoms with van der Waals surface area (Å²) in [6.07, 6.45) is 5.46. The number of benzene rings is 2. The lowest BCUT2D eigenvalue weighted by atomic mass is 10.0. The average Bonchev–Trinajstić information content (AvgIpc) is 3.01. The molecule has 1 aliphatic carbocycles. The SMILES string of the molecule is C=Cc1ccc2c(Cl)cc(-c3ccc4c(c3)CCC4)nc2c1. The van der Waals surface area contributed by atoms with Crippen molar-refractivity contribution in [1.82, 2.24) is 4.98 Å². The standard InChI is InChI=1S/C20H16ClN/c1-2-13-6-9-17-18(21)12-19(22-20(17)10-13)16-8-7-14-4-3-5-15(14)11-16/h2,6-12H,1,3-5H2. The normalized spacial score (nSPS) is 13.3. The van der Waals surface area contributed by atoms with Crippen molar-refractivity contribution in [3.63, 3.8) is 0 Å². The zero-order valence-electron chi connectivity index (χ0n) is 12.3. The topological polar surface area (TPSA) is 12.9 Å². The second-order valence-electron chi connectivity index (χ2n) is 5.81. The Labute approximate surface area is 135 Å². The molecule has 0 amide bonds. The molecular weight excluding hydrogens is 290 g/mol. The fraction of sp³-hybridized carbons (Fsp3) is 0.150. The van der Waals surface area contributed by atoms with Crippen LogP contribution in [-0.4, -0.2) is 4.98 Å². The lowest BCUT2D eigenvalue weighted by molar-refractivity contribution is 0.912. The van der Waals surface area contributed by atoms with Gasteiger partial charge in [0.25, 0.3) is 0 Å². The minimum Gasteiger partial charge on any atom is -0.248 e. The Kier molecular flexibility index (Phi) is 3.24. The smallest absolute Gasteiger partial charge is 0.0730 e. The van der Waals surface area contributed by atoms with E-state index in [1.807, 2.05) is 30.3 Å². The van der Waals surface area contributed by atoms with Crippen LogP contribution < -0.4 is 0 Å². The third-order valence-corrected chi connectivity index (χ3v) is 4.73. The van der Waals surface area contributed by atoms with Gasteiger partial charge in [0.1, 0.15) is 0 Å². The molecular formula is C20H16ClN. The zero-order chi connectivity index (χ0) is 15.1. The van der Waals surface area contributed by atoms with Gasteiger partial charge in [-0.2, -0.15) is 0 Å². The molecule has 1 aromatic heterocycles. The van der Waals surface area contributed by atoms with Crippen LogP contribution in [0.3, 0.4) is 0 Å². The number of fused-ring (bicyclic) bond motifs is 2. The van der Waals surface area contributed by atoms with Crippen LogP contribution >= 0.6 is 11.6 Å². The third-order valence-electron chi connectivity index (χ3n) is 4.41. The summed E-state index contributed by atoms with van der Waals surface area (Å²) in [5.41, 5.74) is 6.99. The highest BCUT2D eigenvalue weighted by molar-refractivity contribution is 6.35. The number of nitrogens with zero attached hydrogens (tertiary/aromatic N) is 1. The Balaban J connectivity index is 1.89. The summed E-state index contributed by atoms with van der Waals surface area (Å²) in [5.74, 6) is 0. The van der Waals surface area contributed by atoms with E-state index in [0.717, 1.165) is 32.7 Å². The molecule has 0 radical (unpaired) electrons. The molecule has 0 saturated heterocycles. The van der Waals surface area contributed by atoms with E-state index in [0.29, 0.717) is 0 Å². The summed E-state index contributed by atoms with van der Waals surface area (Å²) in [6, 6.07) is 14.7. The molecule has 0 bridgehead atoms. The molecule has 0 spiro atoms. The highest BCUT2D eigenvalue weighted by atomic mass is 35.5. The molecule has 1 aliphatic rings. The fourth-order valence-corrected chi connectivity index (χ4v) is 3.47. The largest absolute Gasteiger partial charge is 0.248 e. The zero-order valence-corrected chi connectivity index (χ0v) is 13.0. The van der Waals surface area contributed by atoms with Gasteiger partial charge in [-0.15, -0.1) is 0 Å². The predicted octanol–water partition coefficient (Wildman–Crippen LogP) is 5.69. The molecule has 0 aliphatic heterocycles. The molecule has 0 saturated carbocycles. The molecule has 22 heavy (non-hydrogen) atoms. The molecule has 0 fully saturated rings. The van der Waals surface area contributed by atoms with Gasteiger partial charge < -0.3 is 0 Å². The molecule has 1 nitrogen and oxygen atoms in total. The van der Waals surface area contributed by atoms with E-state index in [4.69, 9.17) is 16.6 Å². The van der Waals surface area contributed by atoms with E-state index in [9.17, 15) is 0 Å². The minimum absolute atomic E-state index is 0.746. The van der Waals surface area contributed by atoms with E-state index in [2.05, 4.69) is 24.8 Å². The molecule has 3 aromatic rings. The lowest BCUT2D eigenvalue weighted by Crippen LogP contribution is -1.90. The fourth-order valence-electron chi connectivity index (χ4n) is 3.21. The van der Waals surface area contributed by atoms with Crippen molar-refractivity contribution in [2.75, 3.05) is 0 Å². The van der Waals surface area contributed by atoms with Gasteiger partial charge in [-0.05, 0) is 54.2 Å². The second-order valence-corrected chi connectivity index (χ2v) is 6.21. The molecule has 2 heteroatoms. The third kappa shape index (κ3) is 2.22. The van der Waals surface area contributed by atoms with E-state index in [1.54, 1.807) is 0 Å². The Morgan fingerprint density at radius 3 is 2.73 bits per heavy atom. The summed E-state index contributed by atoms with van der Waals surface area (Å²) in [7, 11) is 0. The van der Waals surface area contributed by atoms with Crippen LogP contribution in [0, 0.1) is 0 Å². The highest BCUT2D eigenvalue weighted by Crippen LogP contribution is 2.31. The van der Waals surface area contributed by atoms with Crippen molar-refractivity contribution < 1.29 is 0 Å². The number of aromatic nitrogens is 1. The van der Waals surface area contributed by atoms with Crippen molar-refractivity contribution in [3.8, 4) is 11.3 Å². The molecule has 1 heterocycles. The summed E-state index contributed by atoms with van der Waals surface area (Å²) in [5, 5.41) is 1.73. The van der Waals surface area contributed by atoms with Crippen LogP contribution in [0.5, 0.6) is 0 Å². The van der Waals surface area contributed by atoms with Crippen LogP contribution in [0.25, 0.3) is 28.2 Å². The van der Waals surface area contributed by atoms with Crippen molar-refractivity contribution in [2.24, 2.45) is 0 Å². The van der Waals surface area contributed by atoms with Gasteiger partial charge in [0.2, 0.25) is 0 Å². The van der Waals surface area contributed by atoms with Crippen LogP contribution in [0.2, 0.25) is 5.02 Å². The second kappa shape index (κ2) is 5.26. The maximum atomic E-state index is 6.46. The lowest BCUT2D eigenvalue weighted by Gasteiger charge is -2.08. The Bertz CT molecular complexity index is 896. The Morgan fingerprint density at radius 1 is 1.00 bits per heavy atom. The number of rotatable bonds is 2. The first-order valence-corrected chi connectivity index (χ1v) is 7.97. The van der Waals surface area contributed by atoms with Crippen molar-refractivity contribution in [2.45, 2.75) is 19.3 Å². The Morgan fingerprint density at radius 2 is 1.86 bits per heavy atom. The van der Waals surface area contributed by atoms with E-state index >= 15 is 0 Å². The van der Waals surface area contributed by atoms with E-state index < -0.39 is 0 Å². The molecule has 4 rings (SSSR count). The van der Waals surface area contributed by atoms with Crippen molar-refractivity contribution >= 4 is 28.6 Å². The summed E-state index contributed by atoms with van der Waals surface area (Å²) >= 11 is 6.46.